The van der Waals surface area contributed by atoms with E-state index in [0.29, 0.717) is 37.3 Å². The summed E-state index contributed by atoms with van der Waals surface area (Å²) in [4.78, 5) is 36.6. The number of carbonyl (C=O) groups is 1. The molecule has 1 fully saturated rings. The third kappa shape index (κ3) is 4.17. The molecule has 2 aromatic heterocycles. The number of benzene rings is 2. The number of nitrogens with one attached hydrogen (secondary N) is 1. The topological polar surface area (TPSA) is 78.5 Å². The highest BCUT2D eigenvalue weighted by molar-refractivity contribution is 6.06. The minimum Gasteiger partial charge on any atom is -0.497 e. The summed E-state index contributed by atoms with van der Waals surface area (Å²) >= 11 is 0. The number of pyridine rings is 2. The average molecular weight is 441 g/mol. The van der Waals surface area contributed by atoms with Gasteiger partial charge in [0.15, 0.2) is 0 Å². The summed E-state index contributed by atoms with van der Waals surface area (Å²) in [6.07, 6.45) is 1.81. The van der Waals surface area contributed by atoms with Gasteiger partial charge in [0.25, 0.3) is 5.91 Å². The van der Waals surface area contributed by atoms with Gasteiger partial charge in [0.1, 0.15) is 11.6 Å². The van der Waals surface area contributed by atoms with Crippen molar-refractivity contribution in [2.75, 3.05) is 38.2 Å². The minimum absolute atomic E-state index is 0.114. The number of methoxy groups -OCH3 is 1. The summed E-state index contributed by atoms with van der Waals surface area (Å²) in [7, 11) is 1.66. The Morgan fingerprint density at radius 1 is 0.939 bits per heavy atom. The van der Waals surface area contributed by atoms with Crippen LogP contribution >= 0.6 is 0 Å². The lowest BCUT2D eigenvalue weighted by Gasteiger charge is -2.35. The van der Waals surface area contributed by atoms with E-state index in [-0.39, 0.29) is 11.5 Å². The molecule has 5 rings (SSSR count). The molecule has 0 bridgehead atoms. The molecule has 7 nitrogen and oxygen atoms in total. The SMILES string of the molecule is COc1ccc(-c2ccnc(N3CCN(C(=O)c4cc(=O)[nH]c5ccccc45)CC3)c2)cc1. The first-order chi connectivity index (χ1) is 16.1. The summed E-state index contributed by atoms with van der Waals surface area (Å²) in [5, 5.41) is 0.762. The lowest BCUT2D eigenvalue weighted by atomic mass is 10.1. The maximum absolute atomic E-state index is 13.2. The fourth-order valence-electron chi connectivity index (χ4n) is 4.24. The highest BCUT2D eigenvalue weighted by Crippen LogP contribution is 2.26. The molecular weight excluding hydrogens is 416 g/mol. The van der Waals surface area contributed by atoms with Crippen molar-refractivity contribution in [2.24, 2.45) is 0 Å². The van der Waals surface area contributed by atoms with Crippen molar-refractivity contribution < 1.29 is 9.53 Å². The second kappa shape index (κ2) is 8.78. The number of rotatable bonds is 4. The Hall–Kier alpha value is -4.13. The predicted octanol–water partition coefficient (Wildman–Crippen LogP) is 3.56. The van der Waals surface area contributed by atoms with Gasteiger partial charge in [-0.25, -0.2) is 4.98 Å². The molecule has 3 heterocycles. The molecule has 166 valence electrons. The zero-order chi connectivity index (χ0) is 22.8. The van der Waals surface area contributed by atoms with Crippen LogP contribution in [0.1, 0.15) is 10.4 Å². The van der Waals surface area contributed by atoms with Gasteiger partial charge in [-0.2, -0.15) is 0 Å². The molecule has 1 N–H and O–H groups in total. The molecule has 0 atom stereocenters. The van der Waals surface area contributed by atoms with Crippen LogP contribution in [0.2, 0.25) is 0 Å². The molecule has 4 aromatic rings. The van der Waals surface area contributed by atoms with Crippen molar-refractivity contribution in [1.29, 1.82) is 0 Å². The molecule has 1 aliphatic heterocycles. The Balaban J connectivity index is 1.32. The second-order valence-electron chi connectivity index (χ2n) is 8.00. The first-order valence-electron chi connectivity index (χ1n) is 10.9. The number of para-hydroxylation sites is 1. The van der Waals surface area contributed by atoms with Gasteiger partial charge in [-0.3, -0.25) is 9.59 Å². The van der Waals surface area contributed by atoms with Crippen LogP contribution in [0.4, 0.5) is 5.82 Å². The van der Waals surface area contributed by atoms with Crippen molar-refractivity contribution >= 4 is 22.6 Å². The standard InChI is InChI=1S/C26H24N4O3/c1-33-20-8-6-18(7-9-20)19-10-11-27-24(16-19)29-12-14-30(15-13-29)26(32)22-17-25(31)28-23-5-3-2-4-21(22)23/h2-11,16-17H,12-15H2,1H3,(H,28,31). The highest BCUT2D eigenvalue weighted by Gasteiger charge is 2.24. The molecule has 1 aliphatic rings. The van der Waals surface area contributed by atoms with E-state index in [1.807, 2.05) is 65.7 Å². The van der Waals surface area contributed by atoms with E-state index in [1.165, 1.54) is 6.07 Å². The van der Waals surface area contributed by atoms with Crippen LogP contribution in [0, 0.1) is 0 Å². The highest BCUT2D eigenvalue weighted by atomic mass is 16.5. The zero-order valence-corrected chi connectivity index (χ0v) is 18.3. The number of H-pyrrole nitrogens is 1. The Morgan fingerprint density at radius 2 is 1.70 bits per heavy atom. The smallest absolute Gasteiger partial charge is 0.254 e. The van der Waals surface area contributed by atoms with Crippen molar-refractivity contribution in [3.63, 3.8) is 0 Å². The van der Waals surface area contributed by atoms with Crippen LogP contribution in [0.25, 0.3) is 22.0 Å². The van der Waals surface area contributed by atoms with Crippen molar-refractivity contribution in [3.8, 4) is 16.9 Å². The van der Waals surface area contributed by atoms with E-state index in [9.17, 15) is 9.59 Å². The van der Waals surface area contributed by atoms with Crippen LogP contribution in [-0.4, -0.2) is 54.1 Å². The largest absolute Gasteiger partial charge is 0.497 e. The number of hydrogen-bond acceptors (Lipinski definition) is 5. The van der Waals surface area contributed by atoms with Gasteiger partial charge in [0.2, 0.25) is 5.56 Å². The number of carbonyl (C=O) groups excluding carboxylic acids is 1. The summed E-state index contributed by atoms with van der Waals surface area (Å²) < 4.78 is 5.24. The van der Waals surface area contributed by atoms with Gasteiger partial charge in [0, 0.05) is 49.3 Å². The summed E-state index contributed by atoms with van der Waals surface area (Å²) in [5.41, 5.74) is 3.02. The number of anilines is 1. The molecule has 7 heteroatoms. The second-order valence-corrected chi connectivity index (χ2v) is 8.00. The van der Waals surface area contributed by atoms with E-state index < -0.39 is 0 Å². The third-order valence-electron chi connectivity index (χ3n) is 6.04. The Morgan fingerprint density at radius 3 is 2.45 bits per heavy atom. The Kier molecular flexibility index (Phi) is 5.52. The molecule has 1 amide bonds. The number of aromatic amines is 1. The average Bonchev–Trinajstić information content (AvgIpc) is 2.88. The molecular formula is C26H24N4O3. The van der Waals surface area contributed by atoms with Gasteiger partial charge in [0.05, 0.1) is 12.7 Å². The number of ether oxygens (including phenoxy) is 1. The number of amides is 1. The van der Waals surface area contributed by atoms with Crippen LogP contribution in [0.15, 0.2) is 77.7 Å². The summed E-state index contributed by atoms with van der Waals surface area (Å²) in [6.45, 7) is 2.47. The van der Waals surface area contributed by atoms with E-state index >= 15 is 0 Å². The van der Waals surface area contributed by atoms with Crippen LogP contribution < -0.4 is 15.2 Å². The van der Waals surface area contributed by atoms with Crippen molar-refractivity contribution in [3.05, 3.63) is 88.8 Å². The van der Waals surface area contributed by atoms with Crippen LogP contribution in [0.5, 0.6) is 5.75 Å². The van der Waals surface area contributed by atoms with Crippen LogP contribution in [-0.2, 0) is 0 Å². The van der Waals surface area contributed by atoms with Gasteiger partial charge in [-0.15, -0.1) is 0 Å². The first kappa shape index (κ1) is 20.8. The lowest BCUT2D eigenvalue weighted by molar-refractivity contribution is 0.0748. The van der Waals surface area contributed by atoms with Crippen molar-refractivity contribution in [1.82, 2.24) is 14.9 Å². The number of nitrogens with zero attached hydrogens (tertiary/aromatic N) is 3. The van der Waals surface area contributed by atoms with Gasteiger partial charge in [-0.1, -0.05) is 30.3 Å². The van der Waals surface area contributed by atoms with Gasteiger partial charge < -0.3 is 19.5 Å². The molecule has 0 unspecified atom stereocenters. The summed E-state index contributed by atoms with van der Waals surface area (Å²) in [5.74, 6) is 1.59. The first-order valence-corrected chi connectivity index (χ1v) is 10.9. The molecule has 1 saturated heterocycles. The summed E-state index contributed by atoms with van der Waals surface area (Å²) in [6, 6.07) is 20.8. The fraction of sp³-hybridized carbons (Fsp3) is 0.192. The van der Waals surface area contributed by atoms with Crippen molar-refractivity contribution in [2.45, 2.75) is 0 Å². The third-order valence-corrected chi connectivity index (χ3v) is 6.04. The van der Waals surface area contributed by atoms with Gasteiger partial charge >= 0.3 is 0 Å². The quantitative estimate of drug-likeness (QED) is 0.525. The van der Waals surface area contributed by atoms with Gasteiger partial charge in [-0.05, 0) is 41.5 Å². The monoisotopic (exact) mass is 440 g/mol. The zero-order valence-electron chi connectivity index (χ0n) is 18.3. The maximum atomic E-state index is 13.2. The number of aromatic nitrogens is 2. The molecule has 0 aliphatic carbocycles. The van der Waals surface area contributed by atoms with Crippen LogP contribution in [0.3, 0.4) is 0 Å². The maximum Gasteiger partial charge on any atom is 0.254 e. The molecule has 0 spiro atoms. The van der Waals surface area contributed by atoms with E-state index in [4.69, 9.17) is 4.74 Å². The number of hydrogen-bond donors (Lipinski definition) is 1. The molecule has 0 radical (unpaired) electrons. The Labute approximate surface area is 191 Å². The molecule has 0 saturated carbocycles. The lowest BCUT2D eigenvalue weighted by Crippen LogP contribution is -2.49. The van der Waals surface area contributed by atoms with E-state index in [1.54, 1.807) is 7.11 Å². The normalized spacial score (nSPS) is 13.8. The minimum atomic E-state index is -0.268. The van der Waals surface area contributed by atoms with E-state index in [2.05, 4.69) is 20.9 Å². The molecule has 33 heavy (non-hydrogen) atoms. The van der Waals surface area contributed by atoms with E-state index in [0.717, 1.165) is 28.1 Å². The predicted molar refractivity (Wildman–Crippen MR) is 129 cm³/mol. The Bertz CT molecular complexity index is 1360. The number of piperazine rings is 1. The fourth-order valence-corrected chi connectivity index (χ4v) is 4.24. The number of fused-ring (bicyclic) bond motifs is 1. The molecule has 2 aromatic carbocycles.